The Morgan fingerprint density at radius 2 is 1.29 bits per heavy atom. The van der Waals surface area contributed by atoms with Gasteiger partial charge in [0.25, 0.3) is 0 Å². The number of hydrogen-bond acceptors (Lipinski definition) is 4. The van der Waals surface area contributed by atoms with E-state index in [9.17, 15) is 14.4 Å². The van der Waals surface area contributed by atoms with E-state index in [0.29, 0.717) is 17.1 Å². The Kier molecular flexibility index (Phi) is 7.14. The average Bonchev–Trinajstić information content (AvgIpc) is 2.63. The summed E-state index contributed by atoms with van der Waals surface area (Å²) < 4.78 is 0. The molecule has 2 aromatic carbocycles. The number of carbonyl (C=O) groups is 3. The molecule has 0 spiro atoms. The Hall–Kier alpha value is -3.35. The molecule has 7 heteroatoms. The van der Waals surface area contributed by atoms with Gasteiger partial charge in [-0.2, -0.15) is 0 Å². The first kappa shape index (κ1) is 21.0. The van der Waals surface area contributed by atoms with Crippen LogP contribution in [0.3, 0.4) is 0 Å². The van der Waals surface area contributed by atoms with Gasteiger partial charge in [-0.1, -0.05) is 0 Å². The highest BCUT2D eigenvalue weighted by Crippen LogP contribution is 2.19. The van der Waals surface area contributed by atoms with Gasteiger partial charge in [-0.3, -0.25) is 14.4 Å². The van der Waals surface area contributed by atoms with E-state index in [-0.39, 0.29) is 30.7 Å². The third-order valence-electron chi connectivity index (χ3n) is 4.11. The van der Waals surface area contributed by atoms with Crippen molar-refractivity contribution in [3.8, 4) is 0 Å². The molecule has 148 valence electrons. The largest absolute Gasteiger partial charge is 0.378 e. The molecule has 0 atom stereocenters. The van der Waals surface area contributed by atoms with Crippen molar-refractivity contribution in [3.05, 3.63) is 48.5 Å². The third-order valence-corrected chi connectivity index (χ3v) is 4.11. The Bertz CT molecular complexity index is 830. The van der Waals surface area contributed by atoms with E-state index in [2.05, 4.69) is 10.6 Å². The zero-order valence-electron chi connectivity index (χ0n) is 16.7. The van der Waals surface area contributed by atoms with Crippen molar-refractivity contribution in [2.45, 2.75) is 20.3 Å². The number of benzene rings is 2. The third kappa shape index (κ3) is 6.12. The van der Waals surface area contributed by atoms with Crippen LogP contribution in [0.25, 0.3) is 0 Å². The van der Waals surface area contributed by atoms with Crippen LogP contribution in [0.1, 0.15) is 20.3 Å². The summed E-state index contributed by atoms with van der Waals surface area (Å²) in [4.78, 5) is 38.9. The summed E-state index contributed by atoms with van der Waals surface area (Å²) in [6, 6.07) is 14.5. The van der Waals surface area contributed by atoms with Gasteiger partial charge in [0.1, 0.15) is 0 Å². The lowest BCUT2D eigenvalue weighted by molar-refractivity contribution is -0.117. The van der Waals surface area contributed by atoms with Crippen molar-refractivity contribution >= 4 is 40.5 Å². The molecular formula is C21H26N4O3. The second-order valence-electron chi connectivity index (χ2n) is 6.64. The van der Waals surface area contributed by atoms with Gasteiger partial charge < -0.3 is 20.4 Å². The van der Waals surface area contributed by atoms with Gasteiger partial charge in [0.05, 0.1) is 0 Å². The quantitative estimate of drug-likeness (QED) is 0.771. The van der Waals surface area contributed by atoms with Crippen molar-refractivity contribution in [3.63, 3.8) is 0 Å². The predicted octanol–water partition coefficient (Wildman–Crippen LogP) is 3.09. The number of nitrogens with zero attached hydrogens (tertiary/aromatic N) is 2. The van der Waals surface area contributed by atoms with Gasteiger partial charge in [-0.05, 0) is 48.5 Å². The topological polar surface area (TPSA) is 81.8 Å². The van der Waals surface area contributed by atoms with Gasteiger partial charge in [0.15, 0.2) is 0 Å². The zero-order valence-corrected chi connectivity index (χ0v) is 16.7. The van der Waals surface area contributed by atoms with Crippen LogP contribution in [0, 0.1) is 0 Å². The van der Waals surface area contributed by atoms with Crippen molar-refractivity contribution in [1.82, 2.24) is 0 Å². The lowest BCUT2D eigenvalue weighted by atomic mass is 10.2. The Labute approximate surface area is 165 Å². The highest BCUT2D eigenvalue weighted by atomic mass is 16.2. The molecule has 0 aliphatic heterocycles. The van der Waals surface area contributed by atoms with Gasteiger partial charge in [-0.25, -0.2) is 0 Å². The summed E-state index contributed by atoms with van der Waals surface area (Å²) in [7, 11) is 3.90. The number of anilines is 4. The molecule has 0 saturated heterocycles. The average molecular weight is 382 g/mol. The fraction of sp³-hybridized carbons (Fsp3) is 0.286. The number of rotatable bonds is 7. The molecule has 0 fully saturated rings. The summed E-state index contributed by atoms with van der Waals surface area (Å²) in [5.74, 6) is -0.486. The lowest BCUT2D eigenvalue weighted by Crippen LogP contribution is -2.31. The van der Waals surface area contributed by atoms with Crippen LogP contribution in [0.2, 0.25) is 0 Å². The van der Waals surface area contributed by atoms with E-state index < -0.39 is 0 Å². The summed E-state index contributed by atoms with van der Waals surface area (Å²) in [5, 5.41) is 5.52. The molecular weight excluding hydrogens is 356 g/mol. The van der Waals surface area contributed by atoms with Crippen LogP contribution in [-0.2, 0) is 14.4 Å². The van der Waals surface area contributed by atoms with E-state index in [0.717, 1.165) is 5.69 Å². The van der Waals surface area contributed by atoms with Gasteiger partial charge in [0.2, 0.25) is 17.7 Å². The van der Waals surface area contributed by atoms with Crippen LogP contribution in [-0.4, -0.2) is 38.4 Å². The maximum Gasteiger partial charge on any atom is 0.226 e. The van der Waals surface area contributed by atoms with Crippen molar-refractivity contribution in [2.75, 3.05) is 41.1 Å². The van der Waals surface area contributed by atoms with Crippen LogP contribution >= 0.6 is 0 Å². The van der Waals surface area contributed by atoms with Gasteiger partial charge >= 0.3 is 0 Å². The molecule has 0 heterocycles. The van der Waals surface area contributed by atoms with E-state index in [4.69, 9.17) is 0 Å². The minimum Gasteiger partial charge on any atom is -0.378 e. The van der Waals surface area contributed by atoms with E-state index >= 15 is 0 Å². The summed E-state index contributed by atoms with van der Waals surface area (Å²) in [6.45, 7) is 3.15. The molecule has 2 N–H and O–H groups in total. The zero-order chi connectivity index (χ0) is 20.7. The van der Waals surface area contributed by atoms with Crippen LogP contribution in [0.4, 0.5) is 22.7 Å². The predicted molar refractivity (Wildman–Crippen MR) is 113 cm³/mol. The Morgan fingerprint density at radius 3 is 1.75 bits per heavy atom. The number of hydrogen-bond donors (Lipinski definition) is 2. The van der Waals surface area contributed by atoms with Crippen LogP contribution in [0.15, 0.2) is 48.5 Å². The van der Waals surface area contributed by atoms with Crippen LogP contribution < -0.4 is 20.4 Å². The molecule has 0 saturated carbocycles. The first-order valence-corrected chi connectivity index (χ1v) is 8.99. The van der Waals surface area contributed by atoms with Crippen molar-refractivity contribution in [2.24, 2.45) is 0 Å². The Balaban J connectivity index is 1.96. The highest BCUT2D eigenvalue weighted by molar-refractivity contribution is 5.95. The first-order chi connectivity index (χ1) is 13.3. The molecule has 0 aliphatic rings. The molecule has 0 bridgehead atoms. The molecule has 0 aromatic heterocycles. The van der Waals surface area contributed by atoms with E-state index in [1.165, 1.54) is 18.7 Å². The standard InChI is InChI=1S/C21H26N4O3/c1-15(26)22-17-7-11-20(12-8-17)25(16(2)27)14-13-21(28)23-18-5-9-19(10-6-18)24(3)4/h5-12H,13-14H2,1-4H3,(H,22,26)(H,23,28). The smallest absolute Gasteiger partial charge is 0.226 e. The van der Waals surface area contributed by atoms with E-state index in [1.54, 1.807) is 24.3 Å². The molecule has 0 unspecified atom stereocenters. The van der Waals surface area contributed by atoms with Crippen molar-refractivity contribution < 1.29 is 14.4 Å². The van der Waals surface area contributed by atoms with Crippen LogP contribution in [0.5, 0.6) is 0 Å². The fourth-order valence-corrected chi connectivity index (χ4v) is 2.68. The Morgan fingerprint density at radius 1 is 0.786 bits per heavy atom. The van der Waals surface area contributed by atoms with Gasteiger partial charge in [-0.15, -0.1) is 0 Å². The molecule has 3 amide bonds. The lowest BCUT2D eigenvalue weighted by Gasteiger charge is -2.21. The minimum atomic E-state index is -0.168. The summed E-state index contributed by atoms with van der Waals surface area (Å²) in [5.41, 5.74) is 3.08. The normalized spacial score (nSPS) is 10.1. The molecule has 2 rings (SSSR count). The molecule has 0 aliphatic carbocycles. The van der Waals surface area contributed by atoms with Crippen molar-refractivity contribution in [1.29, 1.82) is 0 Å². The summed E-state index contributed by atoms with van der Waals surface area (Å²) in [6.07, 6.45) is 0.169. The summed E-state index contributed by atoms with van der Waals surface area (Å²) >= 11 is 0. The maximum absolute atomic E-state index is 12.3. The molecule has 0 radical (unpaired) electrons. The fourth-order valence-electron chi connectivity index (χ4n) is 2.68. The maximum atomic E-state index is 12.3. The number of carbonyl (C=O) groups excluding carboxylic acids is 3. The second kappa shape index (κ2) is 9.55. The molecule has 7 nitrogen and oxygen atoms in total. The molecule has 28 heavy (non-hydrogen) atoms. The first-order valence-electron chi connectivity index (χ1n) is 8.99. The van der Waals surface area contributed by atoms with E-state index in [1.807, 2.05) is 43.3 Å². The number of amides is 3. The van der Waals surface area contributed by atoms with Gasteiger partial charge in [0, 0.05) is 63.7 Å². The SMILES string of the molecule is CC(=O)Nc1ccc(N(CCC(=O)Nc2ccc(N(C)C)cc2)C(C)=O)cc1. The number of nitrogens with one attached hydrogen (secondary N) is 2. The minimum absolute atomic E-state index is 0.157. The molecule has 2 aromatic rings. The highest BCUT2D eigenvalue weighted by Gasteiger charge is 2.14. The monoisotopic (exact) mass is 382 g/mol. The second-order valence-corrected chi connectivity index (χ2v) is 6.64.